The molecule has 0 bridgehead atoms. The lowest BCUT2D eigenvalue weighted by Gasteiger charge is -2.18. The minimum Gasteiger partial charge on any atom is -0.340 e. The number of H-pyrrole nitrogens is 1. The minimum atomic E-state index is -0.415. The van der Waals surface area contributed by atoms with Gasteiger partial charge in [0.15, 0.2) is 11.2 Å². The van der Waals surface area contributed by atoms with Gasteiger partial charge in [-0.25, -0.2) is 4.79 Å². The number of aromatic nitrogens is 4. The first-order valence-electron chi connectivity index (χ1n) is 6.03. The first-order chi connectivity index (χ1) is 9.51. The van der Waals surface area contributed by atoms with E-state index in [0.717, 1.165) is 4.57 Å². The van der Waals surface area contributed by atoms with Gasteiger partial charge in [-0.2, -0.15) is 4.98 Å². The Morgan fingerprint density at radius 2 is 1.75 bits per heavy atom. The van der Waals surface area contributed by atoms with Crippen LogP contribution in [0, 0.1) is 0 Å². The Morgan fingerprint density at radius 3 is 2.30 bits per heavy atom. The van der Waals surface area contributed by atoms with Crippen LogP contribution in [0.5, 0.6) is 0 Å². The number of imidazole rings is 1. The molecule has 0 amide bonds. The number of aromatic amines is 1. The van der Waals surface area contributed by atoms with Crippen LogP contribution in [0.4, 0.5) is 5.95 Å². The Morgan fingerprint density at radius 1 is 1.15 bits per heavy atom. The smallest absolute Gasteiger partial charge is 0.332 e. The molecule has 0 atom stereocenters. The fourth-order valence-electron chi connectivity index (χ4n) is 1.99. The summed E-state index contributed by atoms with van der Waals surface area (Å²) < 4.78 is 2.37. The van der Waals surface area contributed by atoms with Crippen molar-refractivity contribution in [3.8, 4) is 0 Å². The normalized spacial score (nSPS) is 11.2. The Balaban J connectivity index is 2.64. The third kappa shape index (κ3) is 2.43. The first-order valence-corrected chi connectivity index (χ1v) is 7.10. The molecule has 2 rings (SSSR count). The molecule has 2 aromatic rings. The van der Waals surface area contributed by atoms with Gasteiger partial charge in [0.1, 0.15) is 0 Å². The standard InChI is InChI=1S/C11H15Cl2N5O2/c1-16-8-7(9(19)17(2)11(16)20)14-10(15-8)18(5-3-12)6-4-13/h3-6H2,1-2H3,(H,14,15). The van der Waals surface area contributed by atoms with Gasteiger partial charge in [-0.3, -0.25) is 13.9 Å². The summed E-state index contributed by atoms with van der Waals surface area (Å²) >= 11 is 11.5. The molecule has 2 heterocycles. The van der Waals surface area contributed by atoms with Gasteiger partial charge in [0.05, 0.1) is 0 Å². The highest BCUT2D eigenvalue weighted by Crippen LogP contribution is 2.13. The maximum absolute atomic E-state index is 12.1. The van der Waals surface area contributed by atoms with E-state index in [9.17, 15) is 9.59 Å². The van der Waals surface area contributed by atoms with Crippen molar-refractivity contribution in [2.45, 2.75) is 0 Å². The van der Waals surface area contributed by atoms with Crippen LogP contribution in [-0.4, -0.2) is 44.0 Å². The largest absolute Gasteiger partial charge is 0.340 e. The molecule has 0 aliphatic carbocycles. The van der Waals surface area contributed by atoms with Gasteiger partial charge in [-0.05, 0) is 0 Å². The van der Waals surface area contributed by atoms with Gasteiger partial charge in [0.25, 0.3) is 5.56 Å². The molecule has 0 fully saturated rings. The number of nitrogens with one attached hydrogen (secondary N) is 1. The second-order valence-corrected chi connectivity index (χ2v) is 5.09. The van der Waals surface area contributed by atoms with Crippen molar-refractivity contribution >= 4 is 40.3 Å². The van der Waals surface area contributed by atoms with Crippen LogP contribution in [0.15, 0.2) is 9.59 Å². The molecular weight excluding hydrogens is 305 g/mol. The van der Waals surface area contributed by atoms with Gasteiger partial charge in [0.2, 0.25) is 5.95 Å². The molecule has 0 saturated carbocycles. The van der Waals surface area contributed by atoms with E-state index in [1.54, 1.807) is 7.05 Å². The van der Waals surface area contributed by atoms with E-state index in [4.69, 9.17) is 23.2 Å². The molecule has 0 saturated heterocycles. The lowest BCUT2D eigenvalue weighted by atomic mass is 10.5. The van der Waals surface area contributed by atoms with Crippen LogP contribution in [0.3, 0.4) is 0 Å². The molecule has 0 aliphatic rings. The van der Waals surface area contributed by atoms with Crippen molar-refractivity contribution in [1.29, 1.82) is 0 Å². The van der Waals surface area contributed by atoms with Crippen LogP contribution in [0.25, 0.3) is 11.2 Å². The third-order valence-corrected chi connectivity index (χ3v) is 3.43. The highest BCUT2D eigenvalue weighted by molar-refractivity contribution is 6.18. The van der Waals surface area contributed by atoms with Crippen molar-refractivity contribution in [2.75, 3.05) is 29.7 Å². The monoisotopic (exact) mass is 319 g/mol. The van der Waals surface area contributed by atoms with Crippen molar-refractivity contribution in [2.24, 2.45) is 14.1 Å². The molecule has 0 radical (unpaired) electrons. The van der Waals surface area contributed by atoms with Crippen molar-refractivity contribution in [3.63, 3.8) is 0 Å². The SMILES string of the molecule is Cn1c(=O)c2[nH]c(N(CCCl)CCCl)nc2n(C)c1=O. The summed E-state index contributed by atoms with van der Waals surface area (Å²) in [7, 11) is 3.00. The number of hydrogen-bond donors (Lipinski definition) is 1. The third-order valence-electron chi connectivity index (χ3n) is 3.09. The molecule has 20 heavy (non-hydrogen) atoms. The number of anilines is 1. The van der Waals surface area contributed by atoms with Gasteiger partial charge in [0, 0.05) is 38.9 Å². The predicted molar refractivity (Wildman–Crippen MR) is 80.2 cm³/mol. The van der Waals surface area contributed by atoms with Crippen LogP contribution in [0.1, 0.15) is 0 Å². The Labute approximate surface area is 124 Å². The van der Waals surface area contributed by atoms with Crippen LogP contribution in [0.2, 0.25) is 0 Å². The fourth-order valence-corrected chi connectivity index (χ4v) is 2.40. The van der Waals surface area contributed by atoms with Crippen LogP contribution in [-0.2, 0) is 14.1 Å². The molecule has 0 aromatic carbocycles. The van der Waals surface area contributed by atoms with Gasteiger partial charge >= 0.3 is 5.69 Å². The summed E-state index contributed by atoms with van der Waals surface area (Å²) in [6.45, 7) is 1.09. The zero-order chi connectivity index (χ0) is 14.9. The summed E-state index contributed by atoms with van der Waals surface area (Å²) in [5, 5.41) is 0. The summed E-state index contributed by atoms with van der Waals surface area (Å²) in [4.78, 5) is 33.0. The second kappa shape index (κ2) is 5.88. The number of aryl methyl sites for hydroxylation is 1. The molecule has 1 N–H and O–H groups in total. The van der Waals surface area contributed by atoms with E-state index in [1.807, 2.05) is 4.90 Å². The van der Waals surface area contributed by atoms with E-state index in [1.165, 1.54) is 11.6 Å². The second-order valence-electron chi connectivity index (χ2n) is 4.33. The molecule has 0 aliphatic heterocycles. The van der Waals surface area contributed by atoms with E-state index in [-0.39, 0.29) is 0 Å². The Bertz CT molecular complexity index is 727. The molecule has 2 aromatic heterocycles. The zero-order valence-corrected chi connectivity index (χ0v) is 12.7. The lowest BCUT2D eigenvalue weighted by Crippen LogP contribution is -2.36. The lowest BCUT2D eigenvalue weighted by molar-refractivity contribution is 0.708. The van der Waals surface area contributed by atoms with E-state index < -0.39 is 11.2 Å². The number of alkyl halides is 2. The van der Waals surface area contributed by atoms with Crippen LogP contribution < -0.4 is 16.1 Å². The predicted octanol–water partition coefficient (Wildman–Crippen LogP) is 0.244. The number of halogens is 2. The molecule has 0 unspecified atom stereocenters. The maximum atomic E-state index is 12.1. The summed E-state index contributed by atoms with van der Waals surface area (Å²) in [5.74, 6) is 1.30. The summed E-state index contributed by atoms with van der Waals surface area (Å²) in [6.07, 6.45) is 0. The van der Waals surface area contributed by atoms with Crippen molar-refractivity contribution < 1.29 is 0 Å². The molecular formula is C11H15Cl2N5O2. The first kappa shape index (κ1) is 14.9. The highest BCUT2D eigenvalue weighted by atomic mass is 35.5. The summed E-state index contributed by atoms with van der Waals surface area (Å²) in [6, 6.07) is 0. The van der Waals surface area contributed by atoms with Gasteiger partial charge in [-0.15, -0.1) is 23.2 Å². The zero-order valence-electron chi connectivity index (χ0n) is 11.2. The topological polar surface area (TPSA) is 75.9 Å². The minimum absolute atomic E-state index is 0.291. The van der Waals surface area contributed by atoms with Gasteiger partial charge in [-0.1, -0.05) is 0 Å². The fraction of sp³-hybridized carbons (Fsp3) is 0.545. The Hall–Kier alpha value is -1.47. The number of fused-ring (bicyclic) bond motifs is 1. The van der Waals surface area contributed by atoms with Gasteiger partial charge < -0.3 is 9.88 Å². The number of hydrogen-bond acceptors (Lipinski definition) is 4. The summed E-state index contributed by atoms with van der Waals surface area (Å²) in [5.41, 5.74) is -0.207. The number of rotatable bonds is 5. The molecule has 9 heteroatoms. The molecule has 110 valence electrons. The van der Waals surface area contributed by atoms with Crippen LogP contribution >= 0.6 is 23.2 Å². The molecule has 0 spiro atoms. The quantitative estimate of drug-likeness (QED) is 0.801. The average molecular weight is 320 g/mol. The number of nitrogens with zero attached hydrogens (tertiary/aromatic N) is 4. The maximum Gasteiger partial charge on any atom is 0.332 e. The average Bonchev–Trinajstić information content (AvgIpc) is 2.88. The van der Waals surface area contributed by atoms with E-state index in [2.05, 4.69) is 9.97 Å². The highest BCUT2D eigenvalue weighted by Gasteiger charge is 2.16. The Kier molecular flexibility index (Phi) is 4.39. The van der Waals surface area contributed by atoms with E-state index >= 15 is 0 Å². The van der Waals surface area contributed by atoms with Crippen molar-refractivity contribution in [3.05, 3.63) is 20.8 Å². The molecule has 7 nitrogen and oxygen atoms in total. The van der Waals surface area contributed by atoms with Crippen molar-refractivity contribution in [1.82, 2.24) is 19.1 Å². The van der Waals surface area contributed by atoms with E-state index in [0.29, 0.717) is 42.0 Å².